The Morgan fingerprint density at radius 2 is 1.89 bits per heavy atom. The number of carbonyl (C=O) groups is 3. The lowest BCUT2D eigenvalue weighted by molar-refractivity contribution is -0.139. The Morgan fingerprint density at radius 3 is 2.62 bits per heavy atom. The van der Waals surface area contributed by atoms with Crippen LogP contribution in [-0.4, -0.2) is 93.3 Å². The normalized spacial score (nSPS) is 19.7. The molecule has 1 aliphatic carbocycles. The lowest BCUT2D eigenvalue weighted by Crippen LogP contribution is -2.46. The fraction of sp³-hybridized carbons (Fsp3) is 0.389. The van der Waals surface area contributed by atoms with Crippen molar-refractivity contribution in [3.8, 4) is 11.5 Å². The van der Waals surface area contributed by atoms with E-state index < -0.39 is 29.4 Å². The van der Waals surface area contributed by atoms with Gasteiger partial charge < -0.3 is 35.8 Å². The van der Waals surface area contributed by atoms with E-state index in [1.165, 1.54) is 23.9 Å². The van der Waals surface area contributed by atoms with Gasteiger partial charge >= 0.3 is 5.97 Å². The number of carbonyl (C=O) groups excluding carboxylic acids is 2. The fourth-order valence-corrected chi connectivity index (χ4v) is 7.14. The third-order valence-corrected chi connectivity index (χ3v) is 10.0. The molecule has 0 unspecified atom stereocenters. The molecule has 2 amide bonds. The van der Waals surface area contributed by atoms with Crippen LogP contribution in [0.5, 0.6) is 11.5 Å². The molecule has 7 N–H and O–H groups in total. The number of aromatic nitrogens is 4. The molecule has 3 heterocycles. The predicted octanol–water partition coefficient (Wildman–Crippen LogP) is 2.19. The average molecular weight is 727 g/mol. The molecule has 0 spiro atoms. The largest absolute Gasteiger partial charge is 0.493 e. The van der Waals surface area contributed by atoms with Crippen molar-refractivity contribution in [2.24, 2.45) is 5.10 Å². The molecular weight excluding hydrogens is 684 g/mol. The van der Waals surface area contributed by atoms with E-state index in [1.807, 2.05) is 6.07 Å². The number of nitrogens with two attached hydrogens (primary N) is 1. The van der Waals surface area contributed by atoms with Crippen molar-refractivity contribution in [3.63, 3.8) is 0 Å². The zero-order valence-electron chi connectivity index (χ0n) is 29.6. The molecule has 53 heavy (non-hydrogen) atoms. The summed E-state index contributed by atoms with van der Waals surface area (Å²) in [5.74, 6) is -0.974. The van der Waals surface area contributed by atoms with Crippen molar-refractivity contribution in [1.29, 1.82) is 0 Å². The number of fused-ring (bicyclic) bond motifs is 2. The Hall–Kier alpha value is -6.10. The number of carboxylic acids is 1. The molecule has 3 atom stereocenters. The van der Waals surface area contributed by atoms with E-state index in [0.717, 1.165) is 25.1 Å². The number of hydrogen-bond donors (Lipinski definition) is 6. The molecule has 0 radical (unpaired) electrons. The summed E-state index contributed by atoms with van der Waals surface area (Å²) in [6, 6.07) is 11.4. The number of benzene rings is 2. The van der Waals surface area contributed by atoms with Gasteiger partial charge in [0.05, 0.1) is 32.7 Å². The van der Waals surface area contributed by atoms with Crippen molar-refractivity contribution in [2.75, 3.05) is 38.9 Å². The van der Waals surface area contributed by atoms with Gasteiger partial charge in [-0.2, -0.15) is 10.1 Å². The molecule has 4 aromatic rings. The van der Waals surface area contributed by atoms with Gasteiger partial charge in [-0.3, -0.25) is 19.4 Å². The van der Waals surface area contributed by atoms with Gasteiger partial charge in [-0.05, 0) is 81.2 Å². The lowest BCUT2D eigenvalue weighted by Gasteiger charge is -2.42. The number of likely N-dealkylation sites (N-methyl/N-ethyl adjacent to an activating group) is 1. The van der Waals surface area contributed by atoms with Crippen LogP contribution in [0.25, 0.3) is 11.2 Å². The molecule has 278 valence electrons. The minimum Gasteiger partial charge on any atom is -0.493 e. The number of ether oxygens (including phenoxy) is 2. The van der Waals surface area contributed by atoms with Gasteiger partial charge in [0.15, 0.2) is 22.7 Å². The number of amides is 2. The van der Waals surface area contributed by atoms with Crippen LogP contribution in [0.4, 0.5) is 11.6 Å². The standard InChI is InChI=1S/C36H42N10O7/c1-46-15-14-36(21-6-10-26(52-2)27(16-21)53-3)13-12-23(17-28(36)46)44-45-29(47)11-9-25(34(50)51)41-32(48)20-4-7-22(8-5-20)38-18-24-19-39-31-30(40-24)33(49)43-35(37)42-31/h4-8,10,16,19,25,28,38H,9,11-15,17-18H2,1-3H3,(H,41,48)(H,45,47)(H,50,51)(H3,37,39,42,43,49)/t25-,28-,36-/m0/s1. The number of methoxy groups -OCH3 is 2. The molecule has 2 aliphatic rings. The molecule has 6 rings (SSSR count). The third kappa shape index (κ3) is 8.04. The molecule has 1 saturated heterocycles. The van der Waals surface area contributed by atoms with Gasteiger partial charge in [0.1, 0.15) is 6.04 Å². The summed E-state index contributed by atoms with van der Waals surface area (Å²) in [7, 11) is 5.35. The first-order valence-electron chi connectivity index (χ1n) is 17.2. The summed E-state index contributed by atoms with van der Waals surface area (Å²) in [6.45, 7) is 1.16. The van der Waals surface area contributed by atoms with Crippen molar-refractivity contribution >= 4 is 46.3 Å². The minimum atomic E-state index is -1.29. The second kappa shape index (κ2) is 15.6. The summed E-state index contributed by atoms with van der Waals surface area (Å²) >= 11 is 0. The van der Waals surface area contributed by atoms with Gasteiger partial charge in [0.2, 0.25) is 11.9 Å². The fourth-order valence-electron chi connectivity index (χ4n) is 7.14. The second-order valence-corrected chi connectivity index (χ2v) is 13.2. The van der Waals surface area contributed by atoms with Crippen LogP contribution in [0, 0.1) is 0 Å². The quantitative estimate of drug-likeness (QED) is 0.109. The number of hydrazone groups is 1. The maximum atomic E-state index is 12.9. The van der Waals surface area contributed by atoms with Crippen LogP contribution in [-0.2, 0) is 21.5 Å². The number of H-pyrrole nitrogens is 1. The Bertz CT molecular complexity index is 2100. The number of nitrogen functional groups attached to an aromatic ring is 1. The molecule has 1 aliphatic heterocycles. The first-order chi connectivity index (χ1) is 25.5. The van der Waals surface area contributed by atoms with E-state index in [-0.39, 0.29) is 53.5 Å². The number of rotatable bonds is 13. The van der Waals surface area contributed by atoms with E-state index in [9.17, 15) is 24.3 Å². The highest BCUT2D eigenvalue weighted by Gasteiger charge is 2.50. The molecule has 2 fully saturated rings. The Morgan fingerprint density at radius 1 is 1.11 bits per heavy atom. The number of likely N-dealkylation sites (tertiary alicyclic amines) is 1. The first kappa shape index (κ1) is 36.7. The maximum absolute atomic E-state index is 12.9. The van der Waals surface area contributed by atoms with E-state index in [4.69, 9.17) is 15.2 Å². The molecule has 2 aromatic heterocycles. The van der Waals surface area contributed by atoms with Crippen LogP contribution >= 0.6 is 0 Å². The Labute approximate surface area is 304 Å². The number of nitrogens with zero attached hydrogens (tertiary/aromatic N) is 5. The van der Waals surface area contributed by atoms with Crippen LogP contribution < -0.4 is 36.8 Å². The average Bonchev–Trinajstić information content (AvgIpc) is 3.50. The van der Waals surface area contributed by atoms with Gasteiger partial charge in [-0.1, -0.05) is 6.07 Å². The second-order valence-electron chi connectivity index (χ2n) is 13.2. The Balaban J connectivity index is 0.994. The highest BCUT2D eigenvalue weighted by molar-refractivity contribution is 5.97. The number of aliphatic carboxylic acids is 1. The smallest absolute Gasteiger partial charge is 0.326 e. The zero-order valence-corrected chi connectivity index (χ0v) is 29.6. The number of aromatic amines is 1. The summed E-state index contributed by atoms with van der Waals surface area (Å²) in [5.41, 5.74) is 11.2. The predicted molar refractivity (Wildman–Crippen MR) is 196 cm³/mol. The molecule has 1 saturated carbocycles. The van der Waals surface area contributed by atoms with Gasteiger partial charge in [0, 0.05) is 41.3 Å². The van der Waals surface area contributed by atoms with E-state index >= 15 is 0 Å². The van der Waals surface area contributed by atoms with Crippen molar-refractivity contribution in [2.45, 2.75) is 62.6 Å². The van der Waals surface area contributed by atoms with Gasteiger partial charge in [-0.25, -0.2) is 20.2 Å². The maximum Gasteiger partial charge on any atom is 0.326 e. The highest BCUT2D eigenvalue weighted by atomic mass is 16.5. The highest BCUT2D eigenvalue weighted by Crippen LogP contribution is 2.49. The van der Waals surface area contributed by atoms with Crippen molar-refractivity contribution in [1.82, 2.24) is 35.6 Å². The summed E-state index contributed by atoms with van der Waals surface area (Å²) in [4.78, 5) is 66.9. The molecule has 17 heteroatoms. The number of hydrogen-bond acceptors (Lipinski definition) is 13. The van der Waals surface area contributed by atoms with E-state index in [1.54, 1.807) is 26.4 Å². The first-order valence-corrected chi connectivity index (χ1v) is 17.2. The summed E-state index contributed by atoms with van der Waals surface area (Å²) in [6.07, 6.45) is 4.43. The molecular formula is C36H42N10O7. The third-order valence-electron chi connectivity index (χ3n) is 10.0. The number of anilines is 2. The van der Waals surface area contributed by atoms with E-state index in [2.05, 4.69) is 65.2 Å². The lowest BCUT2D eigenvalue weighted by atomic mass is 9.65. The minimum absolute atomic E-state index is 0.0510. The molecule has 2 aromatic carbocycles. The molecule has 17 nitrogen and oxygen atoms in total. The van der Waals surface area contributed by atoms with Crippen LogP contribution in [0.1, 0.15) is 60.1 Å². The van der Waals surface area contributed by atoms with Crippen LogP contribution in [0.15, 0.2) is 58.6 Å². The van der Waals surface area contributed by atoms with Crippen molar-refractivity contribution < 1.29 is 29.0 Å². The number of carboxylic acid groups (broad SMARTS) is 1. The van der Waals surface area contributed by atoms with Gasteiger partial charge in [-0.15, -0.1) is 0 Å². The van der Waals surface area contributed by atoms with Gasteiger partial charge in [0.25, 0.3) is 11.5 Å². The van der Waals surface area contributed by atoms with Crippen LogP contribution in [0.2, 0.25) is 0 Å². The SMILES string of the molecule is COc1ccc([C@@]23CCC(=NNC(=O)CC[C@H](NC(=O)c4ccc(NCc5cnc6nc(N)[nH]c(=O)c6n5)cc4)C(=O)O)C[C@@H]2N(C)CC3)cc1OC. The topological polar surface area (TPSA) is 239 Å². The van der Waals surface area contributed by atoms with Crippen LogP contribution in [0.3, 0.4) is 0 Å². The summed E-state index contributed by atoms with van der Waals surface area (Å²) in [5, 5.41) is 19.8. The van der Waals surface area contributed by atoms with E-state index in [0.29, 0.717) is 35.7 Å². The Kier molecular flexibility index (Phi) is 10.8. The summed E-state index contributed by atoms with van der Waals surface area (Å²) < 4.78 is 11.0. The molecule has 0 bridgehead atoms. The monoisotopic (exact) mass is 726 g/mol. The van der Waals surface area contributed by atoms with Crippen molar-refractivity contribution in [3.05, 3.63) is 75.8 Å². The number of nitrogens with one attached hydrogen (secondary N) is 4. The zero-order chi connectivity index (χ0) is 37.7.